The van der Waals surface area contributed by atoms with Crippen molar-refractivity contribution >= 4 is 10.0 Å². The summed E-state index contributed by atoms with van der Waals surface area (Å²) in [4.78, 5) is 0.391. The van der Waals surface area contributed by atoms with E-state index in [9.17, 15) is 8.42 Å². The van der Waals surface area contributed by atoms with Crippen molar-refractivity contribution in [3.8, 4) is 0 Å². The van der Waals surface area contributed by atoms with Gasteiger partial charge >= 0.3 is 0 Å². The van der Waals surface area contributed by atoms with E-state index in [0.717, 1.165) is 5.56 Å². The zero-order chi connectivity index (χ0) is 17.1. The summed E-state index contributed by atoms with van der Waals surface area (Å²) < 4.78 is 27.4. The number of rotatable bonds is 6. The average Bonchev–Trinajstić information content (AvgIpc) is 2.36. The van der Waals surface area contributed by atoms with Crippen LogP contribution in [0, 0.1) is 11.8 Å². The molecule has 0 unspecified atom stereocenters. The third kappa shape index (κ3) is 5.10. The lowest BCUT2D eigenvalue weighted by atomic mass is 9.87. The van der Waals surface area contributed by atoms with Gasteiger partial charge in [0.05, 0.1) is 4.90 Å². The summed E-state index contributed by atoms with van der Waals surface area (Å²) in [5.41, 5.74) is 1.17. The largest absolute Gasteiger partial charge is 0.243 e. The van der Waals surface area contributed by atoms with E-state index in [2.05, 4.69) is 20.8 Å². The summed E-state index contributed by atoms with van der Waals surface area (Å²) in [7, 11) is -3.42. The van der Waals surface area contributed by atoms with Crippen molar-refractivity contribution in [1.29, 1.82) is 0 Å². The van der Waals surface area contributed by atoms with Gasteiger partial charge in [0.1, 0.15) is 0 Å². The van der Waals surface area contributed by atoms with Crippen LogP contribution in [0.15, 0.2) is 29.2 Å². The van der Waals surface area contributed by atoms with Gasteiger partial charge in [-0.2, -0.15) is 4.31 Å². The molecule has 0 aliphatic carbocycles. The molecule has 0 aliphatic rings. The van der Waals surface area contributed by atoms with Crippen molar-refractivity contribution < 1.29 is 8.42 Å². The van der Waals surface area contributed by atoms with Gasteiger partial charge in [0.25, 0.3) is 0 Å². The van der Waals surface area contributed by atoms with Gasteiger partial charge < -0.3 is 0 Å². The lowest BCUT2D eigenvalue weighted by molar-refractivity contribution is 0.333. The van der Waals surface area contributed by atoms with E-state index < -0.39 is 10.0 Å². The van der Waals surface area contributed by atoms with Crippen LogP contribution in [0.4, 0.5) is 0 Å². The molecule has 0 spiro atoms. The Morgan fingerprint density at radius 3 is 1.64 bits per heavy atom. The van der Waals surface area contributed by atoms with Crippen LogP contribution in [0.1, 0.15) is 54.0 Å². The summed E-state index contributed by atoms with van der Waals surface area (Å²) in [6.07, 6.45) is 0. The molecule has 0 aliphatic heterocycles. The highest BCUT2D eigenvalue weighted by Gasteiger charge is 2.26. The van der Waals surface area contributed by atoms with Crippen molar-refractivity contribution in [3.63, 3.8) is 0 Å². The van der Waals surface area contributed by atoms with Crippen molar-refractivity contribution in [2.75, 3.05) is 13.1 Å². The molecule has 0 fully saturated rings. The van der Waals surface area contributed by atoms with E-state index in [4.69, 9.17) is 0 Å². The van der Waals surface area contributed by atoms with Gasteiger partial charge in [-0.15, -0.1) is 0 Å². The van der Waals surface area contributed by atoms with Crippen molar-refractivity contribution in [2.45, 2.75) is 58.8 Å². The highest BCUT2D eigenvalue weighted by atomic mass is 32.2. The Balaban J connectivity index is 3.13. The van der Waals surface area contributed by atoms with Gasteiger partial charge in [0.15, 0.2) is 0 Å². The molecular weight excluding hydrogens is 294 g/mol. The topological polar surface area (TPSA) is 37.4 Å². The average molecular weight is 326 g/mol. The Kier molecular flexibility index (Phi) is 6.22. The van der Waals surface area contributed by atoms with Gasteiger partial charge in [-0.1, -0.05) is 60.6 Å². The second-order valence-electron chi connectivity index (χ2n) is 7.88. The van der Waals surface area contributed by atoms with E-state index in [1.54, 1.807) is 16.4 Å². The molecule has 0 heterocycles. The summed E-state index contributed by atoms with van der Waals surface area (Å²) in [6, 6.07) is 7.33. The molecule has 3 nitrogen and oxygen atoms in total. The number of hydrogen-bond acceptors (Lipinski definition) is 2. The SMILES string of the molecule is CC(C)CN(CC(C)C)S(=O)(=O)c1ccc(C(C)(C)C)cc1. The minimum atomic E-state index is -3.42. The van der Waals surface area contributed by atoms with Crippen molar-refractivity contribution in [3.05, 3.63) is 29.8 Å². The molecule has 22 heavy (non-hydrogen) atoms. The Bertz CT molecular complexity index is 556. The van der Waals surface area contributed by atoms with Gasteiger partial charge in [0, 0.05) is 13.1 Å². The van der Waals surface area contributed by atoms with Crippen LogP contribution < -0.4 is 0 Å². The molecule has 1 aromatic rings. The first-order valence-corrected chi connectivity index (χ1v) is 9.49. The van der Waals surface area contributed by atoms with Gasteiger partial charge in [0.2, 0.25) is 10.0 Å². The molecule has 1 rings (SSSR count). The molecule has 0 saturated carbocycles. The van der Waals surface area contributed by atoms with Crippen LogP contribution in [0.25, 0.3) is 0 Å². The Morgan fingerprint density at radius 2 is 1.32 bits per heavy atom. The summed E-state index contributed by atoms with van der Waals surface area (Å²) >= 11 is 0. The van der Waals surface area contributed by atoms with Gasteiger partial charge in [-0.25, -0.2) is 8.42 Å². The van der Waals surface area contributed by atoms with Crippen LogP contribution in [-0.4, -0.2) is 25.8 Å². The van der Waals surface area contributed by atoms with Crippen molar-refractivity contribution in [2.24, 2.45) is 11.8 Å². The van der Waals surface area contributed by atoms with E-state index in [1.807, 2.05) is 39.8 Å². The second-order valence-corrected chi connectivity index (χ2v) is 9.82. The molecule has 126 valence electrons. The maximum absolute atomic E-state index is 12.9. The highest BCUT2D eigenvalue weighted by Crippen LogP contribution is 2.25. The minimum absolute atomic E-state index is 0.0256. The lowest BCUT2D eigenvalue weighted by Gasteiger charge is -2.26. The molecule has 0 aromatic heterocycles. The first-order chi connectivity index (χ1) is 9.94. The van der Waals surface area contributed by atoms with E-state index in [0.29, 0.717) is 29.8 Å². The van der Waals surface area contributed by atoms with Crippen LogP contribution >= 0.6 is 0 Å². The molecule has 0 amide bonds. The fraction of sp³-hybridized carbons (Fsp3) is 0.667. The molecule has 0 saturated heterocycles. The highest BCUT2D eigenvalue weighted by molar-refractivity contribution is 7.89. The molecule has 0 N–H and O–H groups in total. The molecule has 0 radical (unpaired) electrons. The zero-order valence-electron chi connectivity index (χ0n) is 15.1. The predicted octanol–water partition coefficient (Wildman–Crippen LogP) is 4.29. The standard InChI is InChI=1S/C18H31NO2S/c1-14(2)12-19(13-15(3)4)22(20,21)17-10-8-16(9-11-17)18(5,6)7/h8-11,14-15H,12-13H2,1-7H3. The molecular formula is C18H31NO2S. The quantitative estimate of drug-likeness (QED) is 0.782. The third-order valence-electron chi connectivity index (χ3n) is 3.50. The molecule has 0 bridgehead atoms. The molecule has 4 heteroatoms. The van der Waals surface area contributed by atoms with Crippen molar-refractivity contribution in [1.82, 2.24) is 4.31 Å². The van der Waals surface area contributed by atoms with Crippen LogP contribution in [0.3, 0.4) is 0 Å². The lowest BCUT2D eigenvalue weighted by Crippen LogP contribution is -2.37. The van der Waals surface area contributed by atoms with E-state index in [-0.39, 0.29) is 5.41 Å². The number of nitrogens with zero attached hydrogens (tertiary/aromatic N) is 1. The summed E-state index contributed by atoms with van der Waals surface area (Å²) in [6.45, 7) is 15.7. The van der Waals surface area contributed by atoms with E-state index >= 15 is 0 Å². The first-order valence-electron chi connectivity index (χ1n) is 8.05. The smallest absolute Gasteiger partial charge is 0.207 e. The van der Waals surface area contributed by atoms with Gasteiger partial charge in [-0.05, 0) is 34.9 Å². The molecule has 0 atom stereocenters. The van der Waals surface area contributed by atoms with Crippen LogP contribution in [0.2, 0.25) is 0 Å². The Morgan fingerprint density at radius 1 is 0.909 bits per heavy atom. The second kappa shape index (κ2) is 7.14. The summed E-state index contributed by atoms with van der Waals surface area (Å²) in [5.74, 6) is 0.616. The minimum Gasteiger partial charge on any atom is -0.207 e. The number of hydrogen-bond donors (Lipinski definition) is 0. The fourth-order valence-electron chi connectivity index (χ4n) is 2.36. The summed E-state index contributed by atoms with van der Waals surface area (Å²) in [5, 5.41) is 0. The molecule has 1 aromatic carbocycles. The normalized spacial score (nSPS) is 13.4. The predicted molar refractivity (Wildman–Crippen MR) is 93.6 cm³/mol. The van der Waals surface area contributed by atoms with Crippen LogP contribution in [0.5, 0.6) is 0 Å². The third-order valence-corrected chi connectivity index (χ3v) is 5.34. The Labute approximate surface area is 136 Å². The maximum atomic E-state index is 12.9. The number of benzene rings is 1. The fourth-order valence-corrected chi connectivity index (χ4v) is 4.13. The zero-order valence-corrected chi connectivity index (χ0v) is 15.9. The Hall–Kier alpha value is -0.870. The maximum Gasteiger partial charge on any atom is 0.243 e. The van der Waals surface area contributed by atoms with Gasteiger partial charge in [-0.3, -0.25) is 0 Å². The van der Waals surface area contributed by atoms with Crippen LogP contribution in [-0.2, 0) is 15.4 Å². The van der Waals surface area contributed by atoms with E-state index in [1.165, 1.54) is 0 Å². The monoisotopic (exact) mass is 325 g/mol. The first kappa shape index (κ1) is 19.2. The number of sulfonamides is 1.